The zero-order valence-electron chi connectivity index (χ0n) is 16.7. The summed E-state index contributed by atoms with van der Waals surface area (Å²) in [6.45, 7) is 1.48. The van der Waals surface area contributed by atoms with Crippen molar-refractivity contribution in [2.45, 2.75) is 25.9 Å². The van der Waals surface area contributed by atoms with Crippen LogP contribution >= 0.6 is 11.6 Å². The van der Waals surface area contributed by atoms with Crippen LogP contribution in [0.2, 0.25) is 5.15 Å². The molecule has 2 rings (SSSR count). The van der Waals surface area contributed by atoms with Gasteiger partial charge in [0.25, 0.3) is 5.91 Å². The van der Waals surface area contributed by atoms with Crippen molar-refractivity contribution in [2.24, 2.45) is 0 Å². The maximum Gasteiger partial charge on any atom is 0.306 e. The SMILES string of the molecule is COc1cc(CCC(=O)OC(C)C(=O)Nc2cccnc2Cl)cc(OC)c1OC. The highest BCUT2D eigenvalue weighted by molar-refractivity contribution is 6.32. The smallest absolute Gasteiger partial charge is 0.306 e. The van der Waals surface area contributed by atoms with Crippen molar-refractivity contribution >= 4 is 29.2 Å². The van der Waals surface area contributed by atoms with Gasteiger partial charge in [-0.05, 0) is 43.2 Å². The quantitative estimate of drug-likeness (QED) is 0.489. The molecule has 0 aliphatic carbocycles. The maximum absolute atomic E-state index is 12.2. The molecule has 1 amide bonds. The number of hydrogen-bond acceptors (Lipinski definition) is 7. The Morgan fingerprint density at radius 3 is 2.34 bits per heavy atom. The van der Waals surface area contributed by atoms with E-state index in [0.29, 0.717) is 29.4 Å². The van der Waals surface area contributed by atoms with Crippen LogP contribution in [0.15, 0.2) is 30.5 Å². The van der Waals surface area contributed by atoms with Gasteiger partial charge in [0, 0.05) is 12.6 Å². The highest BCUT2D eigenvalue weighted by atomic mass is 35.5. The molecular weight excluding hydrogens is 400 g/mol. The number of aromatic nitrogens is 1. The molecule has 9 heteroatoms. The number of hydrogen-bond donors (Lipinski definition) is 1. The first-order valence-electron chi connectivity index (χ1n) is 8.79. The lowest BCUT2D eigenvalue weighted by molar-refractivity contribution is -0.153. The number of carbonyl (C=O) groups excluding carboxylic acids is 2. The number of esters is 1. The molecule has 0 radical (unpaired) electrons. The van der Waals surface area contributed by atoms with Crippen LogP contribution in [0.5, 0.6) is 17.2 Å². The molecule has 1 aromatic carbocycles. The second-order valence-corrected chi connectivity index (χ2v) is 6.35. The normalized spacial score (nSPS) is 11.3. The van der Waals surface area contributed by atoms with Gasteiger partial charge in [0.1, 0.15) is 0 Å². The summed E-state index contributed by atoms with van der Waals surface area (Å²) in [7, 11) is 4.55. The molecule has 0 saturated carbocycles. The Kier molecular flexibility index (Phi) is 8.09. The second kappa shape index (κ2) is 10.5. The number of rotatable bonds is 9. The summed E-state index contributed by atoms with van der Waals surface area (Å²) in [4.78, 5) is 28.2. The number of ether oxygens (including phenoxy) is 4. The van der Waals surface area contributed by atoms with E-state index in [0.717, 1.165) is 5.56 Å². The first kappa shape index (κ1) is 22.3. The molecule has 0 saturated heterocycles. The van der Waals surface area contributed by atoms with Gasteiger partial charge in [0.2, 0.25) is 5.75 Å². The Balaban J connectivity index is 1.94. The maximum atomic E-state index is 12.2. The fourth-order valence-electron chi connectivity index (χ4n) is 2.55. The van der Waals surface area contributed by atoms with Crippen LogP contribution < -0.4 is 19.5 Å². The number of methoxy groups -OCH3 is 3. The lowest BCUT2D eigenvalue weighted by Crippen LogP contribution is -2.30. The van der Waals surface area contributed by atoms with Crippen molar-refractivity contribution in [3.05, 3.63) is 41.2 Å². The molecule has 1 atom stereocenters. The fourth-order valence-corrected chi connectivity index (χ4v) is 2.72. The molecule has 29 heavy (non-hydrogen) atoms. The Hall–Kier alpha value is -3.00. The fraction of sp³-hybridized carbons (Fsp3) is 0.350. The van der Waals surface area contributed by atoms with Crippen molar-refractivity contribution in [3.8, 4) is 17.2 Å². The molecule has 1 heterocycles. The molecule has 1 unspecified atom stereocenters. The van der Waals surface area contributed by atoms with Crippen LogP contribution in [0.3, 0.4) is 0 Å². The third-order valence-electron chi connectivity index (χ3n) is 4.04. The number of carbonyl (C=O) groups is 2. The molecule has 1 aromatic heterocycles. The summed E-state index contributed by atoms with van der Waals surface area (Å²) in [6, 6.07) is 6.76. The molecule has 2 aromatic rings. The predicted molar refractivity (Wildman–Crippen MR) is 108 cm³/mol. The van der Waals surface area contributed by atoms with Crippen LogP contribution in [0.4, 0.5) is 5.69 Å². The second-order valence-electron chi connectivity index (χ2n) is 6.00. The molecule has 0 aliphatic heterocycles. The van der Waals surface area contributed by atoms with Gasteiger partial charge in [-0.1, -0.05) is 11.6 Å². The monoisotopic (exact) mass is 422 g/mol. The Bertz CT molecular complexity index is 849. The number of benzene rings is 1. The van der Waals surface area contributed by atoms with Crippen LogP contribution in [0, 0.1) is 0 Å². The van der Waals surface area contributed by atoms with Crippen LogP contribution in [-0.4, -0.2) is 44.3 Å². The molecular formula is C20H23ClN2O6. The summed E-state index contributed by atoms with van der Waals surface area (Å²) in [5.41, 5.74) is 1.15. The zero-order valence-corrected chi connectivity index (χ0v) is 17.4. The van der Waals surface area contributed by atoms with E-state index in [1.165, 1.54) is 34.4 Å². The molecule has 8 nitrogen and oxygen atoms in total. The summed E-state index contributed by atoms with van der Waals surface area (Å²) < 4.78 is 21.1. The van der Waals surface area contributed by atoms with Crippen molar-refractivity contribution in [3.63, 3.8) is 0 Å². The third-order valence-corrected chi connectivity index (χ3v) is 4.34. The van der Waals surface area contributed by atoms with E-state index < -0.39 is 18.0 Å². The number of halogens is 1. The number of anilines is 1. The van der Waals surface area contributed by atoms with Crippen LogP contribution in [0.1, 0.15) is 18.9 Å². The van der Waals surface area contributed by atoms with E-state index in [2.05, 4.69) is 10.3 Å². The van der Waals surface area contributed by atoms with Crippen LogP contribution in [-0.2, 0) is 20.7 Å². The van der Waals surface area contributed by atoms with Crippen molar-refractivity contribution in [2.75, 3.05) is 26.6 Å². The first-order valence-corrected chi connectivity index (χ1v) is 9.17. The van der Waals surface area contributed by atoms with E-state index in [1.807, 2.05) is 0 Å². The average Bonchev–Trinajstić information content (AvgIpc) is 2.72. The highest BCUT2D eigenvalue weighted by Crippen LogP contribution is 2.38. The van der Waals surface area contributed by atoms with Gasteiger partial charge in [-0.25, -0.2) is 4.98 Å². The average molecular weight is 423 g/mol. The first-order chi connectivity index (χ1) is 13.9. The number of amides is 1. The van der Waals surface area contributed by atoms with Gasteiger partial charge in [0.15, 0.2) is 22.8 Å². The van der Waals surface area contributed by atoms with Gasteiger partial charge < -0.3 is 24.3 Å². The molecule has 0 spiro atoms. The van der Waals surface area contributed by atoms with Crippen LogP contribution in [0.25, 0.3) is 0 Å². The molecule has 0 fully saturated rings. The van der Waals surface area contributed by atoms with Gasteiger partial charge >= 0.3 is 5.97 Å². The summed E-state index contributed by atoms with van der Waals surface area (Å²) in [5, 5.41) is 2.73. The van der Waals surface area contributed by atoms with E-state index in [-0.39, 0.29) is 11.6 Å². The van der Waals surface area contributed by atoms with E-state index in [9.17, 15) is 9.59 Å². The Morgan fingerprint density at radius 1 is 1.14 bits per heavy atom. The van der Waals surface area contributed by atoms with E-state index >= 15 is 0 Å². The van der Waals surface area contributed by atoms with Gasteiger partial charge in [-0.15, -0.1) is 0 Å². The van der Waals surface area contributed by atoms with Crippen molar-refractivity contribution in [1.82, 2.24) is 4.98 Å². The Morgan fingerprint density at radius 2 is 1.79 bits per heavy atom. The third kappa shape index (κ3) is 5.99. The minimum absolute atomic E-state index is 0.0733. The minimum atomic E-state index is -0.987. The minimum Gasteiger partial charge on any atom is -0.493 e. The van der Waals surface area contributed by atoms with Crippen molar-refractivity contribution in [1.29, 1.82) is 0 Å². The van der Waals surface area contributed by atoms with Gasteiger partial charge in [-0.3, -0.25) is 9.59 Å². The van der Waals surface area contributed by atoms with E-state index in [4.69, 9.17) is 30.5 Å². The van der Waals surface area contributed by atoms with Gasteiger partial charge in [-0.2, -0.15) is 0 Å². The number of pyridine rings is 1. The Labute approximate surface area is 174 Å². The van der Waals surface area contributed by atoms with Crippen molar-refractivity contribution < 1.29 is 28.5 Å². The highest BCUT2D eigenvalue weighted by Gasteiger charge is 2.20. The molecule has 156 valence electrons. The predicted octanol–water partition coefficient (Wildman–Crippen LogP) is 3.26. The number of nitrogens with one attached hydrogen (secondary N) is 1. The molecule has 1 N–H and O–H groups in total. The van der Waals surface area contributed by atoms with Gasteiger partial charge in [0.05, 0.1) is 27.0 Å². The largest absolute Gasteiger partial charge is 0.493 e. The standard InChI is InChI=1S/C20H23ClN2O6/c1-12(20(25)23-14-6-5-9-22-19(14)21)29-17(24)8-7-13-10-15(26-2)18(28-4)16(11-13)27-3/h5-6,9-12H,7-8H2,1-4H3,(H,23,25). The van der Waals surface area contributed by atoms with E-state index in [1.54, 1.807) is 24.3 Å². The summed E-state index contributed by atoms with van der Waals surface area (Å²) >= 11 is 5.90. The summed E-state index contributed by atoms with van der Waals surface area (Å²) in [6.07, 6.45) is 0.964. The topological polar surface area (TPSA) is 96.0 Å². The number of nitrogens with zero attached hydrogens (tertiary/aromatic N) is 1. The lowest BCUT2D eigenvalue weighted by atomic mass is 10.1. The zero-order chi connectivity index (χ0) is 21.4. The summed E-state index contributed by atoms with van der Waals surface area (Å²) in [5.74, 6) is 0.452. The number of aryl methyl sites for hydroxylation is 1. The molecule has 0 bridgehead atoms. The lowest BCUT2D eigenvalue weighted by Gasteiger charge is -2.15. The molecule has 0 aliphatic rings.